The summed E-state index contributed by atoms with van der Waals surface area (Å²) >= 11 is 3.34. The number of nitrogens with one attached hydrogen (secondary N) is 1. The number of aromatic hydroxyl groups is 2. The van der Waals surface area contributed by atoms with Gasteiger partial charge in [-0.3, -0.25) is 4.79 Å². The van der Waals surface area contributed by atoms with E-state index in [2.05, 4.69) is 26.5 Å². The van der Waals surface area contributed by atoms with E-state index in [0.717, 1.165) is 10.5 Å². The lowest BCUT2D eigenvalue weighted by atomic mass is 10.2. The second-order valence-electron chi connectivity index (χ2n) is 5.84. The molecular weight excluding hydrogens is 440 g/mol. The summed E-state index contributed by atoms with van der Waals surface area (Å²) in [6, 6.07) is 17.1. The Morgan fingerprint density at radius 3 is 2.48 bits per heavy atom. The molecule has 3 aromatic rings. The fourth-order valence-corrected chi connectivity index (χ4v) is 2.76. The number of nitrogens with zero attached hydrogens (tertiary/aromatic N) is 1. The molecule has 0 saturated carbocycles. The molecule has 146 valence electrons. The highest BCUT2D eigenvalue weighted by atomic mass is 79.9. The van der Waals surface area contributed by atoms with Crippen molar-refractivity contribution in [2.75, 3.05) is 0 Å². The largest absolute Gasteiger partial charge is 0.508 e. The number of halogens is 1. The van der Waals surface area contributed by atoms with Crippen LogP contribution in [0.15, 0.2) is 76.3 Å². The number of carbonyl (C=O) groups is 2. The van der Waals surface area contributed by atoms with Crippen molar-refractivity contribution in [2.24, 2.45) is 5.10 Å². The minimum Gasteiger partial charge on any atom is -0.508 e. The number of hydrogen-bond donors (Lipinski definition) is 3. The third kappa shape index (κ3) is 5.20. The predicted molar refractivity (Wildman–Crippen MR) is 110 cm³/mol. The molecule has 0 unspecified atom stereocenters. The van der Waals surface area contributed by atoms with Crippen LogP contribution in [0.5, 0.6) is 17.2 Å². The van der Waals surface area contributed by atoms with Crippen molar-refractivity contribution >= 4 is 34.0 Å². The van der Waals surface area contributed by atoms with Gasteiger partial charge < -0.3 is 14.9 Å². The van der Waals surface area contributed by atoms with E-state index in [1.807, 2.05) is 0 Å². The summed E-state index contributed by atoms with van der Waals surface area (Å²) in [6.45, 7) is 0. The van der Waals surface area contributed by atoms with Crippen molar-refractivity contribution in [3.63, 3.8) is 0 Å². The van der Waals surface area contributed by atoms with Gasteiger partial charge in [-0.25, -0.2) is 10.2 Å². The Kier molecular flexibility index (Phi) is 6.25. The summed E-state index contributed by atoms with van der Waals surface area (Å²) in [7, 11) is 0. The van der Waals surface area contributed by atoms with Gasteiger partial charge in [-0.15, -0.1) is 0 Å². The van der Waals surface area contributed by atoms with Crippen molar-refractivity contribution in [1.29, 1.82) is 0 Å². The van der Waals surface area contributed by atoms with E-state index >= 15 is 0 Å². The van der Waals surface area contributed by atoms with Gasteiger partial charge in [0, 0.05) is 16.1 Å². The highest BCUT2D eigenvalue weighted by molar-refractivity contribution is 9.10. The van der Waals surface area contributed by atoms with Crippen LogP contribution in [0.4, 0.5) is 0 Å². The topological polar surface area (TPSA) is 108 Å². The van der Waals surface area contributed by atoms with Crippen LogP contribution in [0.3, 0.4) is 0 Å². The van der Waals surface area contributed by atoms with Gasteiger partial charge >= 0.3 is 5.97 Å². The van der Waals surface area contributed by atoms with Crippen LogP contribution < -0.4 is 10.2 Å². The van der Waals surface area contributed by atoms with E-state index < -0.39 is 11.9 Å². The molecule has 0 spiro atoms. The number of phenolic OH excluding ortho intramolecular Hbond substituents is 2. The van der Waals surface area contributed by atoms with Crippen LogP contribution in [0.25, 0.3) is 0 Å². The molecular formula is C21H15BrN2O5. The van der Waals surface area contributed by atoms with E-state index in [4.69, 9.17) is 4.74 Å². The zero-order valence-electron chi connectivity index (χ0n) is 14.9. The molecule has 29 heavy (non-hydrogen) atoms. The van der Waals surface area contributed by atoms with E-state index in [1.165, 1.54) is 18.3 Å². The first kappa shape index (κ1) is 20.1. The zero-order chi connectivity index (χ0) is 20.8. The molecule has 1 amide bonds. The van der Waals surface area contributed by atoms with Crippen molar-refractivity contribution in [3.8, 4) is 17.2 Å². The molecule has 8 heteroatoms. The molecule has 0 radical (unpaired) electrons. The Hall–Kier alpha value is -3.65. The Bertz CT molecular complexity index is 1080. The molecule has 0 fully saturated rings. The summed E-state index contributed by atoms with van der Waals surface area (Å²) < 4.78 is 6.15. The fraction of sp³-hybridized carbons (Fsp3) is 0. The average Bonchev–Trinajstić information content (AvgIpc) is 2.70. The van der Waals surface area contributed by atoms with Gasteiger partial charge in [-0.05, 0) is 42.5 Å². The molecule has 3 N–H and O–H groups in total. The predicted octanol–water partition coefficient (Wildman–Crippen LogP) is 3.84. The first-order valence-corrected chi connectivity index (χ1v) is 9.15. The molecule has 3 rings (SSSR count). The second kappa shape index (κ2) is 9.03. The van der Waals surface area contributed by atoms with Crippen LogP contribution in [0, 0.1) is 0 Å². The van der Waals surface area contributed by atoms with E-state index in [9.17, 15) is 19.8 Å². The van der Waals surface area contributed by atoms with Crippen LogP contribution in [-0.4, -0.2) is 28.3 Å². The number of ether oxygens (including phenoxy) is 1. The molecule has 0 bridgehead atoms. The van der Waals surface area contributed by atoms with Crippen LogP contribution >= 0.6 is 15.9 Å². The van der Waals surface area contributed by atoms with Crippen LogP contribution in [-0.2, 0) is 0 Å². The van der Waals surface area contributed by atoms with Crippen LogP contribution in [0.1, 0.15) is 26.3 Å². The molecule has 0 aliphatic carbocycles. The minimum atomic E-state index is -0.670. The summed E-state index contributed by atoms with van der Waals surface area (Å²) in [4.78, 5) is 24.4. The highest BCUT2D eigenvalue weighted by Gasteiger charge is 2.13. The number of carbonyl (C=O) groups excluding carboxylic acids is 2. The van der Waals surface area contributed by atoms with E-state index in [0.29, 0.717) is 11.1 Å². The first-order chi connectivity index (χ1) is 13.9. The van der Waals surface area contributed by atoms with Gasteiger partial charge in [-0.1, -0.05) is 34.1 Å². The van der Waals surface area contributed by atoms with Crippen molar-refractivity contribution in [1.82, 2.24) is 5.43 Å². The molecule has 0 saturated heterocycles. The summed E-state index contributed by atoms with van der Waals surface area (Å²) in [5.41, 5.74) is 3.06. The average molecular weight is 455 g/mol. The maximum Gasteiger partial charge on any atom is 0.343 e. The maximum absolute atomic E-state index is 12.3. The monoisotopic (exact) mass is 454 g/mol. The molecule has 0 aromatic heterocycles. The quantitative estimate of drug-likeness (QED) is 0.235. The lowest BCUT2D eigenvalue weighted by Crippen LogP contribution is -2.17. The summed E-state index contributed by atoms with van der Waals surface area (Å²) in [6.07, 6.45) is 1.31. The number of hydrazone groups is 1. The molecule has 0 aliphatic rings. The number of esters is 1. The molecule has 0 atom stereocenters. The van der Waals surface area contributed by atoms with Crippen molar-refractivity contribution < 1.29 is 24.5 Å². The number of rotatable bonds is 5. The van der Waals surface area contributed by atoms with Crippen LogP contribution in [0.2, 0.25) is 0 Å². The van der Waals surface area contributed by atoms with Gasteiger partial charge in [0.05, 0.1) is 17.3 Å². The van der Waals surface area contributed by atoms with Gasteiger partial charge in [0.15, 0.2) is 0 Å². The highest BCUT2D eigenvalue weighted by Crippen LogP contribution is 2.24. The minimum absolute atomic E-state index is 0.0510. The third-order valence-corrected chi connectivity index (χ3v) is 4.27. The standard InChI is InChI=1S/C21H15BrN2O5/c22-15-6-9-19(29-21(28)13-4-2-1-3-5-13)14(10-15)12-23-24-20(27)17-8-7-16(25)11-18(17)26/h1-12,25-26H,(H,24,27)/b23-12+. The second-order valence-corrected chi connectivity index (χ2v) is 6.75. The smallest absolute Gasteiger partial charge is 0.343 e. The van der Waals surface area contributed by atoms with Gasteiger partial charge in [0.2, 0.25) is 0 Å². The van der Waals surface area contributed by atoms with Crippen molar-refractivity contribution in [2.45, 2.75) is 0 Å². The lowest BCUT2D eigenvalue weighted by molar-refractivity contribution is 0.0734. The van der Waals surface area contributed by atoms with Gasteiger partial charge in [0.25, 0.3) is 5.91 Å². The normalized spacial score (nSPS) is 10.7. The number of phenols is 2. The molecule has 0 heterocycles. The third-order valence-electron chi connectivity index (χ3n) is 3.78. The van der Waals surface area contributed by atoms with E-state index in [1.54, 1.807) is 48.5 Å². The lowest BCUT2D eigenvalue weighted by Gasteiger charge is -2.08. The van der Waals surface area contributed by atoms with E-state index in [-0.39, 0.29) is 22.8 Å². The Labute approximate surface area is 174 Å². The number of benzene rings is 3. The Morgan fingerprint density at radius 1 is 1.00 bits per heavy atom. The number of amides is 1. The fourth-order valence-electron chi connectivity index (χ4n) is 2.38. The zero-order valence-corrected chi connectivity index (χ0v) is 16.5. The number of hydrogen-bond acceptors (Lipinski definition) is 6. The molecule has 0 aliphatic heterocycles. The Morgan fingerprint density at radius 2 is 1.76 bits per heavy atom. The Balaban J connectivity index is 1.75. The summed E-state index contributed by atoms with van der Waals surface area (Å²) in [5.74, 6) is -1.48. The van der Waals surface area contributed by atoms with Crippen molar-refractivity contribution in [3.05, 3.63) is 87.9 Å². The van der Waals surface area contributed by atoms with Gasteiger partial charge in [0.1, 0.15) is 17.2 Å². The molecule has 3 aromatic carbocycles. The van der Waals surface area contributed by atoms with Gasteiger partial charge in [-0.2, -0.15) is 5.10 Å². The first-order valence-electron chi connectivity index (χ1n) is 8.36. The SMILES string of the molecule is O=C(Oc1ccc(Br)cc1/C=N/NC(=O)c1ccc(O)cc1O)c1ccccc1. The molecule has 7 nitrogen and oxygen atoms in total. The maximum atomic E-state index is 12.3. The summed E-state index contributed by atoms with van der Waals surface area (Å²) in [5, 5.41) is 22.9.